The quantitative estimate of drug-likeness (QED) is 0.685. The number of sulfonamides is 2. The van der Waals surface area contributed by atoms with Gasteiger partial charge in [-0.25, -0.2) is 21.6 Å². The highest BCUT2D eigenvalue weighted by Crippen LogP contribution is 2.35. The summed E-state index contributed by atoms with van der Waals surface area (Å²) >= 11 is 1.75. The van der Waals surface area contributed by atoms with Gasteiger partial charge in [-0.05, 0) is 61.5 Å². The van der Waals surface area contributed by atoms with Crippen LogP contribution in [0.2, 0.25) is 0 Å². The molecule has 2 aromatic rings. The fraction of sp³-hybridized carbons (Fsp3) is 0.444. The SMILES string of the molecule is CC1Cc2ccsc2C(C)N1CCNS(=O)(=O)c1ccc(NS(C)(=O)=O)cc1. The van der Waals surface area contributed by atoms with Gasteiger partial charge >= 0.3 is 0 Å². The number of fused-ring (bicyclic) bond motifs is 1. The summed E-state index contributed by atoms with van der Waals surface area (Å²) < 4.78 is 52.5. The average molecular weight is 444 g/mol. The van der Waals surface area contributed by atoms with E-state index in [1.54, 1.807) is 11.3 Å². The Morgan fingerprint density at radius 1 is 1.11 bits per heavy atom. The zero-order valence-corrected chi connectivity index (χ0v) is 18.5. The van der Waals surface area contributed by atoms with E-state index in [-0.39, 0.29) is 10.9 Å². The summed E-state index contributed by atoms with van der Waals surface area (Å²) in [7, 11) is -7.06. The second-order valence-corrected chi connectivity index (χ2v) is 11.5. The van der Waals surface area contributed by atoms with Crippen LogP contribution in [0.3, 0.4) is 0 Å². The van der Waals surface area contributed by atoms with Crippen molar-refractivity contribution in [2.45, 2.75) is 37.2 Å². The highest BCUT2D eigenvalue weighted by atomic mass is 32.2. The third-order valence-corrected chi connectivity index (χ3v) is 8.08. The molecule has 1 aliphatic rings. The van der Waals surface area contributed by atoms with Crippen LogP contribution in [0.25, 0.3) is 0 Å². The number of hydrogen-bond donors (Lipinski definition) is 2. The lowest BCUT2D eigenvalue weighted by atomic mass is 9.97. The topological polar surface area (TPSA) is 95.6 Å². The molecule has 0 bridgehead atoms. The van der Waals surface area contributed by atoms with Gasteiger partial charge in [-0.3, -0.25) is 9.62 Å². The zero-order valence-electron chi connectivity index (χ0n) is 16.0. The number of rotatable bonds is 7. The standard InChI is InChI=1S/C18H25N3O4S3/c1-13-12-15-8-11-26-18(15)14(2)21(13)10-9-19-28(24,25)17-6-4-16(5-7-17)20-27(3,22)23/h4-8,11,13-14,19-20H,9-10,12H2,1-3H3. The van der Waals surface area contributed by atoms with Crippen molar-refractivity contribution in [3.8, 4) is 0 Å². The lowest BCUT2D eigenvalue weighted by molar-refractivity contribution is 0.145. The Balaban J connectivity index is 1.61. The summed E-state index contributed by atoms with van der Waals surface area (Å²) in [5, 5.41) is 2.11. The second-order valence-electron chi connectivity index (χ2n) is 7.07. The van der Waals surface area contributed by atoms with Crippen LogP contribution in [0.15, 0.2) is 40.6 Å². The lowest BCUT2D eigenvalue weighted by Crippen LogP contribution is -2.44. The van der Waals surface area contributed by atoms with Crippen molar-refractivity contribution >= 4 is 37.1 Å². The first kappa shape index (κ1) is 21.3. The van der Waals surface area contributed by atoms with Gasteiger partial charge in [0, 0.05) is 35.7 Å². The van der Waals surface area contributed by atoms with E-state index in [9.17, 15) is 16.8 Å². The molecule has 1 aromatic heterocycles. The summed E-state index contributed by atoms with van der Waals surface area (Å²) in [4.78, 5) is 3.78. The molecule has 2 N–H and O–H groups in total. The van der Waals surface area contributed by atoms with Crippen molar-refractivity contribution in [1.29, 1.82) is 0 Å². The van der Waals surface area contributed by atoms with Crippen LogP contribution in [0.5, 0.6) is 0 Å². The minimum Gasteiger partial charge on any atom is -0.291 e. The van der Waals surface area contributed by atoms with Crippen LogP contribution in [0.1, 0.15) is 30.3 Å². The van der Waals surface area contributed by atoms with E-state index < -0.39 is 20.0 Å². The number of thiophene rings is 1. The molecule has 2 unspecified atom stereocenters. The molecule has 28 heavy (non-hydrogen) atoms. The third kappa shape index (κ3) is 4.93. The summed E-state index contributed by atoms with van der Waals surface area (Å²) in [6.07, 6.45) is 2.02. The maximum atomic E-state index is 12.5. The van der Waals surface area contributed by atoms with Gasteiger partial charge in [0.1, 0.15) is 0 Å². The summed E-state index contributed by atoms with van der Waals surface area (Å²) in [6.45, 7) is 5.25. The van der Waals surface area contributed by atoms with Gasteiger partial charge in [0.25, 0.3) is 0 Å². The summed E-state index contributed by atoms with van der Waals surface area (Å²) in [5.41, 5.74) is 1.72. The third-order valence-electron chi connectivity index (χ3n) is 4.87. The highest BCUT2D eigenvalue weighted by Gasteiger charge is 2.30. The Bertz CT molecular complexity index is 1030. The fourth-order valence-corrected chi connectivity index (χ4v) is 6.17. The Morgan fingerprint density at radius 2 is 1.79 bits per heavy atom. The largest absolute Gasteiger partial charge is 0.291 e. The Hall–Kier alpha value is -1.46. The number of hydrogen-bond acceptors (Lipinski definition) is 6. The van der Waals surface area contributed by atoms with E-state index >= 15 is 0 Å². The summed E-state index contributed by atoms with van der Waals surface area (Å²) in [5.74, 6) is 0. The molecule has 0 saturated heterocycles. The maximum Gasteiger partial charge on any atom is 0.240 e. The molecule has 7 nitrogen and oxygen atoms in total. The van der Waals surface area contributed by atoms with E-state index in [0.29, 0.717) is 24.8 Å². The monoisotopic (exact) mass is 443 g/mol. The highest BCUT2D eigenvalue weighted by molar-refractivity contribution is 7.92. The molecular weight excluding hydrogens is 418 g/mol. The van der Waals surface area contributed by atoms with E-state index in [0.717, 1.165) is 12.7 Å². The molecule has 10 heteroatoms. The van der Waals surface area contributed by atoms with E-state index in [1.807, 2.05) is 0 Å². The predicted molar refractivity (Wildman–Crippen MR) is 113 cm³/mol. The van der Waals surface area contributed by atoms with E-state index in [4.69, 9.17) is 0 Å². The average Bonchev–Trinajstić information content (AvgIpc) is 3.05. The molecule has 3 rings (SSSR count). The van der Waals surface area contributed by atoms with Crippen LogP contribution >= 0.6 is 11.3 Å². The Kier molecular flexibility index (Phi) is 6.16. The van der Waals surface area contributed by atoms with Gasteiger partial charge in [0.05, 0.1) is 11.2 Å². The molecule has 0 radical (unpaired) electrons. The van der Waals surface area contributed by atoms with Crippen molar-refractivity contribution < 1.29 is 16.8 Å². The normalized spacial score (nSPS) is 20.7. The number of nitrogens with one attached hydrogen (secondary N) is 2. The van der Waals surface area contributed by atoms with Gasteiger partial charge in [0.2, 0.25) is 20.0 Å². The molecule has 2 atom stereocenters. The van der Waals surface area contributed by atoms with E-state index in [2.05, 4.69) is 39.6 Å². The van der Waals surface area contributed by atoms with Gasteiger partial charge in [-0.2, -0.15) is 0 Å². The molecule has 1 aromatic carbocycles. The van der Waals surface area contributed by atoms with Crippen molar-refractivity contribution in [2.24, 2.45) is 0 Å². The smallest absolute Gasteiger partial charge is 0.240 e. The first-order chi connectivity index (χ1) is 13.1. The molecule has 154 valence electrons. The number of benzene rings is 1. The van der Waals surface area contributed by atoms with Gasteiger partial charge in [0.15, 0.2) is 0 Å². The molecular formula is C18H25N3O4S3. The van der Waals surface area contributed by atoms with Gasteiger partial charge in [-0.1, -0.05) is 0 Å². The van der Waals surface area contributed by atoms with Crippen LogP contribution in [-0.2, 0) is 26.5 Å². The first-order valence-corrected chi connectivity index (χ1v) is 13.2. The Labute approximate surface area is 170 Å². The lowest BCUT2D eigenvalue weighted by Gasteiger charge is -2.38. The molecule has 0 spiro atoms. The zero-order chi connectivity index (χ0) is 20.5. The molecule has 0 aliphatic carbocycles. The van der Waals surface area contributed by atoms with Gasteiger partial charge in [-0.15, -0.1) is 11.3 Å². The van der Waals surface area contributed by atoms with Crippen LogP contribution in [-0.4, -0.2) is 47.1 Å². The van der Waals surface area contributed by atoms with Crippen LogP contribution in [0, 0.1) is 0 Å². The van der Waals surface area contributed by atoms with Crippen LogP contribution in [0.4, 0.5) is 5.69 Å². The van der Waals surface area contributed by atoms with E-state index in [1.165, 1.54) is 34.7 Å². The number of nitrogens with zero attached hydrogens (tertiary/aromatic N) is 1. The predicted octanol–water partition coefficient (Wildman–Crippen LogP) is 2.41. The van der Waals surface area contributed by atoms with Gasteiger partial charge < -0.3 is 0 Å². The van der Waals surface area contributed by atoms with Crippen molar-refractivity contribution in [3.05, 3.63) is 46.2 Å². The van der Waals surface area contributed by atoms with Crippen LogP contribution < -0.4 is 9.44 Å². The molecule has 0 fully saturated rings. The minimum absolute atomic E-state index is 0.104. The minimum atomic E-state index is -3.66. The molecule has 1 aliphatic heterocycles. The number of anilines is 1. The molecule has 0 saturated carbocycles. The van der Waals surface area contributed by atoms with Crippen molar-refractivity contribution in [2.75, 3.05) is 24.1 Å². The molecule has 0 amide bonds. The fourth-order valence-electron chi connectivity index (χ4n) is 3.57. The van der Waals surface area contributed by atoms with Crippen molar-refractivity contribution in [3.63, 3.8) is 0 Å². The second kappa shape index (κ2) is 8.11. The maximum absolute atomic E-state index is 12.5. The Morgan fingerprint density at radius 3 is 2.43 bits per heavy atom. The van der Waals surface area contributed by atoms with Crippen molar-refractivity contribution in [1.82, 2.24) is 9.62 Å². The summed E-state index contributed by atoms with van der Waals surface area (Å²) in [6, 6.07) is 8.44. The first-order valence-electron chi connectivity index (χ1n) is 8.96. The molecule has 2 heterocycles.